The first kappa shape index (κ1) is 24.1. The third kappa shape index (κ3) is 6.71. The predicted molar refractivity (Wildman–Crippen MR) is 116 cm³/mol. The molecule has 0 aromatic heterocycles. The van der Waals surface area contributed by atoms with Gasteiger partial charge < -0.3 is 20.3 Å². The molecule has 0 radical (unpaired) electrons. The number of hydrogen-bond acceptors (Lipinski definition) is 4. The van der Waals surface area contributed by atoms with E-state index in [1.54, 1.807) is 42.5 Å². The van der Waals surface area contributed by atoms with Gasteiger partial charge in [0.1, 0.15) is 0 Å². The molecule has 3 rings (SSSR count). The number of amides is 3. The molecule has 0 atom stereocenters. The van der Waals surface area contributed by atoms with Crippen molar-refractivity contribution < 1.29 is 32.3 Å². The van der Waals surface area contributed by atoms with E-state index in [9.17, 15) is 27.6 Å². The number of methoxy groups -OCH3 is 1. The number of anilines is 2. The van der Waals surface area contributed by atoms with Crippen LogP contribution < -0.4 is 10.6 Å². The quantitative estimate of drug-likeness (QED) is 0.658. The van der Waals surface area contributed by atoms with Crippen molar-refractivity contribution in [3.05, 3.63) is 59.2 Å². The zero-order valence-corrected chi connectivity index (χ0v) is 18.0. The Hall–Kier alpha value is -3.56. The zero-order valence-electron chi connectivity index (χ0n) is 18.0. The molecular weight excluding hydrogens is 439 g/mol. The largest absolute Gasteiger partial charge is 0.471 e. The van der Waals surface area contributed by atoms with Gasteiger partial charge in [-0.05, 0) is 60.2 Å². The van der Waals surface area contributed by atoms with Crippen LogP contribution >= 0.6 is 0 Å². The highest BCUT2D eigenvalue weighted by Gasteiger charge is 2.42. The molecule has 0 fully saturated rings. The van der Waals surface area contributed by atoms with Crippen molar-refractivity contribution in [3.63, 3.8) is 0 Å². The van der Waals surface area contributed by atoms with Crippen LogP contribution in [0.25, 0.3) is 0 Å². The summed E-state index contributed by atoms with van der Waals surface area (Å²) in [5.41, 5.74) is 3.62. The number of urea groups is 1. The number of nitrogens with one attached hydrogen (secondary N) is 2. The lowest BCUT2D eigenvalue weighted by Crippen LogP contribution is -2.42. The van der Waals surface area contributed by atoms with E-state index in [1.807, 2.05) is 0 Å². The number of esters is 1. The molecule has 7 nitrogen and oxygen atoms in total. The molecule has 2 aromatic carbocycles. The summed E-state index contributed by atoms with van der Waals surface area (Å²) in [6, 6.07) is 11.7. The lowest BCUT2D eigenvalue weighted by molar-refractivity contribution is -0.185. The van der Waals surface area contributed by atoms with Gasteiger partial charge in [0, 0.05) is 30.9 Å². The first-order valence-electron chi connectivity index (χ1n) is 10.4. The highest BCUT2D eigenvalue weighted by atomic mass is 19.4. The van der Waals surface area contributed by atoms with E-state index in [4.69, 9.17) is 0 Å². The number of ether oxygens (including phenoxy) is 1. The topological polar surface area (TPSA) is 87.7 Å². The second-order valence-electron chi connectivity index (χ2n) is 7.63. The van der Waals surface area contributed by atoms with Crippen LogP contribution in [0.15, 0.2) is 42.5 Å². The van der Waals surface area contributed by atoms with Crippen molar-refractivity contribution in [3.8, 4) is 0 Å². The van der Waals surface area contributed by atoms with Gasteiger partial charge in [0.05, 0.1) is 7.11 Å². The molecule has 0 saturated carbocycles. The minimum absolute atomic E-state index is 0.00573. The summed E-state index contributed by atoms with van der Waals surface area (Å²) < 4.78 is 42.8. The first-order valence-corrected chi connectivity index (χ1v) is 10.4. The maximum Gasteiger partial charge on any atom is 0.471 e. The van der Waals surface area contributed by atoms with E-state index in [-0.39, 0.29) is 31.9 Å². The van der Waals surface area contributed by atoms with Gasteiger partial charge in [-0.1, -0.05) is 18.2 Å². The average molecular weight is 463 g/mol. The van der Waals surface area contributed by atoms with Crippen LogP contribution in [0.2, 0.25) is 0 Å². The zero-order chi connectivity index (χ0) is 24.0. The number of carbonyl (C=O) groups is 3. The Morgan fingerprint density at radius 2 is 1.55 bits per heavy atom. The Balaban J connectivity index is 1.56. The fourth-order valence-corrected chi connectivity index (χ4v) is 3.58. The molecule has 2 aromatic rings. The van der Waals surface area contributed by atoms with Gasteiger partial charge in [-0.25, -0.2) is 4.79 Å². The van der Waals surface area contributed by atoms with E-state index in [0.29, 0.717) is 24.2 Å². The molecule has 0 unspecified atom stereocenters. The Bertz CT molecular complexity index is 1020. The van der Waals surface area contributed by atoms with Crippen LogP contribution in [-0.4, -0.2) is 49.2 Å². The average Bonchev–Trinajstić information content (AvgIpc) is 2.99. The molecule has 0 aliphatic carbocycles. The fourth-order valence-electron chi connectivity index (χ4n) is 3.58. The minimum atomic E-state index is -4.89. The summed E-state index contributed by atoms with van der Waals surface area (Å²) in [6.07, 6.45) is -3.52. The van der Waals surface area contributed by atoms with Crippen LogP contribution in [0.5, 0.6) is 0 Å². The van der Waals surface area contributed by atoms with Crippen LogP contribution in [0, 0.1) is 0 Å². The number of hydrogen-bond donors (Lipinski definition) is 2. The van der Waals surface area contributed by atoms with Gasteiger partial charge in [0.25, 0.3) is 0 Å². The number of carbonyl (C=O) groups excluding carboxylic acids is 3. The summed E-state index contributed by atoms with van der Waals surface area (Å²) in [6.45, 7) is -0.0441. The second-order valence-corrected chi connectivity index (χ2v) is 7.63. The number of benzene rings is 2. The highest BCUT2D eigenvalue weighted by molar-refractivity contribution is 5.99. The van der Waals surface area contributed by atoms with Crippen LogP contribution in [0.1, 0.15) is 23.1 Å². The molecule has 1 aliphatic rings. The molecule has 33 heavy (non-hydrogen) atoms. The lowest BCUT2D eigenvalue weighted by atomic mass is 10.0. The van der Waals surface area contributed by atoms with Crippen molar-refractivity contribution in [1.82, 2.24) is 4.90 Å². The monoisotopic (exact) mass is 463 g/mol. The van der Waals surface area contributed by atoms with E-state index in [2.05, 4.69) is 15.4 Å². The van der Waals surface area contributed by atoms with Gasteiger partial charge in [0.2, 0.25) is 0 Å². The molecule has 2 N–H and O–H groups in total. The van der Waals surface area contributed by atoms with Crippen molar-refractivity contribution >= 4 is 29.3 Å². The van der Waals surface area contributed by atoms with Crippen molar-refractivity contribution in [2.75, 3.05) is 30.8 Å². The summed E-state index contributed by atoms with van der Waals surface area (Å²) in [4.78, 5) is 35.9. The summed E-state index contributed by atoms with van der Waals surface area (Å²) in [5.74, 6) is -2.12. The summed E-state index contributed by atoms with van der Waals surface area (Å²) in [7, 11) is 1.33. The molecule has 176 valence electrons. The molecule has 3 amide bonds. The van der Waals surface area contributed by atoms with Gasteiger partial charge in [0.15, 0.2) is 0 Å². The number of rotatable bonds is 5. The molecular formula is C23H24F3N3O4. The normalized spacial score (nSPS) is 13.5. The number of nitrogens with zero attached hydrogens (tertiary/aromatic N) is 1. The van der Waals surface area contributed by atoms with Gasteiger partial charge in [-0.15, -0.1) is 0 Å². The fraction of sp³-hybridized carbons (Fsp3) is 0.348. The Morgan fingerprint density at radius 1 is 0.939 bits per heavy atom. The lowest BCUT2D eigenvalue weighted by Gasteiger charge is -2.21. The molecule has 0 spiro atoms. The first-order chi connectivity index (χ1) is 15.7. The maximum absolute atomic E-state index is 12.7. The SMILES string of the molecule is COC(=O)CCc1ccc(NC(=O)Nc2ccc3c(c2)CCN(C(=O)C(F)(F)F)CC3)cc1. The predicted octanol–water partition coefficient (Wildman–Crippen LogP) is 3.93. The van der Waals surface area contributed by atoms with E-state index >= 15 is 0 Å². The van der Waals surface area contributed by atoms with E-state index in [1.165, 1.54) is 7.11 Å². The van der Waals surface area contributed by atoms with Crippen molar-refractivity contribution in [2.24, 2.45) is 0 Å². The molecule has 10 heteroatoms. The van der Waals surface area contributed by atoms with Crippen molar-refractivity contribution in [1.29, 1.82) is 0 Å². The van der Waals surface area contributed by atoms with Gasteiger partial charge in [-0.2, -0.15) is 13.2 Å². The van der Waals surface area contributed by atoms with E-state index < -0.39 is 18.1 Å². The van der Waals surface area contributed by atoms with Crippen LogP contribution in [0.3, 0.4) is 0 Å². The van der Waals surface area contributed by atoms with Crippen LogP contribution in [0.4, 0.5) is 29.3 Å². The third-order valence-electron chi connectivity index (χ3n) is 5.35. The van der Waals surface area contributed by atoms with Gasteiger partial charge >= 0.3 is 24.1 Å². The van der Waals surface area contributed by atoms with Gasteiger partial charge in [-0.3, -0.25) is 9.59 Å². The smallest absolute Gasteiger partial charge is 0.469 e. The molecule has 1 aliphatic heterocycles. The van der Waals surface area contributed by atoms with E-state index in [0.717, 1.165) is 21.6 Å². The number of alkyl halides is 3. The highest BCUT2D eigenvalue weighted by Crippen LogP contribution is 2.24. The molecule has 0 bridgehead atoms. The number of halogens is 3. The Kier molecular flexibility index (Phi) is 7.57. The Morgan fingerprint density at radius 3 is 2.18 bits per heavy atom. The minimum Gasteiger partial charge on any atom is -0.469 e. The Labute approximate surface area is 188 Å². The summed E-state index contributed by atoms with van der Waals surface area (Å²) >= 11 is 0. The second kappa shape index (κ2) is 10.4. The molecule has 1 heterocycles. The molecule has 0 saturated heterocycles. The third-order valence-corrected chi connectivity index (χ3v) is 5.35. The van der Waals surface area contributed by atoms with Crippen molar-refractivity contribution in [2.45, 2.75) is 31.9 Å². The maximum atomic E-state index is 12.7. The summed E-state index contributed by atoms with van der Waals surface area (Å²) in [5, 5.41) is 5.41. The number of aryl methyl sites for hydroxylation is 1. The van der Waals surface area contributed by atoms with Crippen LogP contribution in [-0.2, 0) is 33.6 Å². The standard InChI is InChI=1S/C23H24F3N3O4/c1-33-20(30)9-4-15-2-6-18(7-3-15)27-22(32)28-19-8-5-16-10-12-29(13-11-17(16)14-19)21(31)23(24,25)26/h2-3,5-8,14H,4,9-13H2,1H3,(H2,27,28,32). The number of fused-ring (bicyclic) bond motifs is 1.